The zero-order valence-electron chi connectivity index (χ0n) is 6.04. The first-order valence-corrected chi connectivity index (χ1v) is 7.15. The van der Waals surface area contributed by atoms with Gasteiger partial charge >= 0.3 is 28.4 Å². The predicted octanol–water partition coefficient (Wildman–Crippen LogP) is 0.560. The maximum Gasteiger partial charge on any atom is 0.485 e. The van der Waals surface area contributed by atoms with E-state index in [1.54, 1.807) is 0 Å². The van der Waals surface area contributed by atoms with Gasteiger partial charge in [-0.3, -0.25) is 9.59 Å². The summed E-state index contributed by atoms with van der Waals surface area (Å²) in [5.74, 6) is 0. The lowest BCUT2D eigenvalue weighted by Crippen LogP contribution is -2.64. The highest BCUT2D eigenvalue weighted by Crippen LogP contribution is 2.21. The van der Waals surface area contributed by atoms with E-state index in [4.69, 9.17) is 4.12 Å². The Morgan fingerprint density at radius 2 is 1.91 bits per heavy atom. The molecule has 0 radical (unpaired) electrons. The van der Waals surface area contributed by atoms with Crippen molar-refractivity contribution in [3.05, 3.63) is 0 Å². The van der Waals surface area contributed by atoms with E-state index in [0.29, 0.717) is 0 Å². The van der Waals surface area contributed by atoms with E-state index >= 15 is 0 Å². The van der Waals surface area contributed by atoms with Gasteiger partial charge in [0.05, 0.1) is 0 Å². The van der Waals surface area contributed by atoms with E-state index < -0.39 is 28.4 Å². The van der Waals surface area contributed by atoms with Gasteiger partial charge in [-0.05, 0) is 6.55 Å². The number of carbonyl (C=O) groups excluding carboxylic acids is 2. The van der Waals surface area contributed by atoms with Crippen LogP contribution < -0.4 is 0 Å². The van der Waals surface area contributed by atoms with Gasteiger partial charge in [-0.25, -0.2) is 0 Å². The third-order valence-electron chi connectivity index (χ3n) is 1.31. The molecule has 1 aliphatic heterocycles. The molecular formula is C4H6O5Si2. The summed E-state index contributed by atoms with van der Waals surface area (Å²) in [6, 6.07) is 0. The molecule has 0 aromatic rings. The second kappa shape index (κ2) is 2.34. The Bertz CT molecular complexity index is 233. The Balaban J connectivity index is 2.73. The van der Waals surface area contributed by atoms with Gasteiger partial charge in [-0.2, -0.15) is 0 Å². The molecule has 0 bridgehead atoms. The van der Waals surface area contributed by atoms with Crippen LogP contribution in [-0.2, 0) is 13.3 Å². The number of carbonyl (C=O) groups is 2. The Hall–Kier alpha value is -0.826. The normalized spacial score (nSPS) is 20.2. The lowest BCUT2D eigenvalue weighted by atomic mass is 11.3. The van der Waals surface area contributed by atoms with Crippen molar-refractivity contribution in [1.82, 2.24) is 0 Å². The molecule has 1 aliphatic rings. The second-order valence-electron chi connectivity index (χ2n) is 2.30. The number of hydrogen-bond acceptors (Lipinski definition) is 5. The van der Waals surface area contributed by atoms with Crippen LogP contribution in [-0.4, -0.2) is 28.4 Å². The Labute approximate surface area is 65.2 Å². The molecule has 0 atom stereocenters. The van der Waals surface area contributed by atoms with Crippen LogP contribution in [0.15, 0.2) is 0 Å². The number of ether oxygens (including phenoxy) is 1. The topological polar surface area (TPSA) is 69.7 Å². The maximum atomic E-state index is 10.7. The molecule has 60 valence electrons. The Morgan fingerprint density at radius 1 is 1.45 bits per heavy atom. The van der Waals surface area contributed by atoms with Crippen LogP contribution >= 0.6 is 0 Å². The molecule has 11 heavy (non-hydrogen) atoms. The summed E-state index contributed by atoms with van der Waals surface area (Å²) in [7, 11) is -5.26. The summed E-state index contributed by atoms with van der Waals surface area (Å²) < 4.78 is 19.4. The highest BCUT2D eigenvalue weighted by Gasteiger charge is 2.63. The number of rotatable bonds is 2. The molecule has 1 saturated heterocycles. The van der Waals surface area contributed by atoms with E-state index in [2.05, 4.69) is 4.74 Å². The van der Waals surface area contributed by atoms with Gasteiger partial charge in [0.25, 0.3) is 0 Å². The first-order chi connectivity index (χ1) is 4.97. The van der Waals surface area contributed by atoms with Crippen molar-refractivity contribution in [3.8, 4) is 0 Å². The van der Waals surface area contributed by atoms with Crippen molar-refractivity contribution < 1.29 is 22.9 Å². The Kier molecular flexibility index (Phi) is 1.76. The van der Waals surface area contributed by atoms with Gasteiger partial charge in [0.1, 0.15) is 0 Å². The molecule has 1 heterocycles. The fourth-order valence-corrected chi connectivity index (χ4v) is 4.25. The molecule has 1 rings (SSSR count). The molecule has 0 amide bonds. The molecule has 0 aromatic heterocycles. The minimum atomic E-state index is -3.03. The van der Waals surface area contributed by atoms with Crippen LogP contribution in [0.3, 0.4) is 0 Å². The molecule has 7 heteroatoms. The van der Waals surface area contributed by atoms with Gasteiger partial charge in [0, 0.05) is 6.55 Å². The fraction of sp³-hybridized carbons (Fsp3) is 0.500. The molecule has 0 saturated carbocycles. The van der Waals surface area contributed by atoms with Crippen molar-refractivity contribution >= 4 is 28.4 Å². The zero-order chi connectivity index (χ0) is 8.65. The molecule has 0 aliphatic carbocycles. The largest absolute Gasteiger partial charge is 0.564 e. The zero-order valence-corrected chi connectivity index (χ0v) is 8.04. The first kappa shape index (κ1) is 8.27. The smallest absolute Gasteiger partial charge is 0.485 e. The van der Waals surface area contributed by atoms with Crippen LogP contribution in [0.2, 0.25) is 13.1 Å². The quantitative estimate of drug-likeness (QED) is 0.470. The summed E-state index contributed by atoms with van der Waals surface area (Å²) in [6.07, 6.45) is 0. The highest BCUT2D eigenvalue weighted by molar-refractivity contribution is 7.25. The average Bonchev–Trinajstić information content (AvgIpc) is 1.87. The van der Waals surface area contributed by atoms with Crippen molar-refractivity contribution in [3.63, 3.8) is 0 Å². The summed E-state index contributed by atoms with van der Waals surface area (Å²) in [6.45, 7) is 2.72. The molecular weight excluding hydrogens is 184 g/mol. The van der Waals surface area contributed by atoms with Gasteiger partial charge in [-0.1, -0.05) is 0 Å². The molecule has 5 nitrogen and oxygen atoms in total. The van der Waals surface area contributed by atoms with Crippen LogP contribution in [0.25, 0.3) is 0 Å². The minimum absolute atomic E-state index is 0.636. The van der Waals surface area contributed by atoms with Crippen LogP contribution in [0.4, 0.5) is 9.59 Å². The highest BCUT2D eigenvalue weighted by atomic mass is 28.4. The lowest BCUT2D eigenvalue weighted by molar-refractivity contribution is 0.159. The van der Waals surface area contributed by atoms with Gasteiger partial charge in [0.15, 0.2) is 0 Å². The van der Waals surface area contributed by atoms with Crippen LogP contribution in [0.1, 0.15) is 0 Å². The minimum Gasteiger partial charge on any atom is -0.564 e. The summed E-state index contributed by atoms with van der Waals surface area (Å²) in [5, 5.41) is 0. The first-order valence-electron chi connectivity index (χ1n) is 2.93. The monoisotopic (exact) mass is 190 g/mol. The van der Waals surface area contributed by atoms with Crippen LogP contribution in [0.5, 0.6) is 0 Å². The molecule has 0 spiro atoms. The van der Waals surface area contributed by atoms with E-state index in [0.717, 1.165) is 0 Å². The van der Waals surface area contributed by atoms with Crippen molar-refractivity contribution in [2.24, 2.45) is 0 Å². The third kappa shape index (κ3) is 1.16. The number of cyclic esters (lactones) is 2. The van der Waals surface area contributed by atoms with Gasteiger partial charge in [0.2, 0.25) is 0 Å². The van der Waals surface area contributed by atoms with Crippen molar-refractivity contribution in [2.75, 3.05) is 0 Å². The van der Waals surface area contributed by atoms with Crippen molar-refractivity contribution in [2.45, 2.75) is 13.1 Å². The third-order valence-corrected chi connectivity index (χ3v) is 5.86. The predicted molar refractivity (Wildman–Crippen MR) is 36.9 cm³/mol. The molecule has 0 N–H and O–H groups in total. The van der Waals surface area contributed by atoms with Gasteiger partial charge < -0.3 is 13.3 Å². The summed E-state index contributed by atoms with van der Waals surface area (Å²) >= 11 is 0. The van der Waals surface area contributed by atoms with Gasteiger partial charge in [-0.15, -0.1) is 0 Å². The van der Waals surface area contributed by atoms with E-state index in [-0.39, 0.29) is 0 Å². The standard InChI is InChI=1S/C4H6O5Si2/c1-10(7)9-11(2)3(5)8-4(11)6/h1-2H3. The summed E-state index contributed by atoms with van der Waals surface area (Å²) in [5.41, 5.74) is -1.27. The SMILES string of the molecule is C[Si](=O)O[Si]1(C)C(=O)OC1=O. The maximum absolute atomic E-state index is 10.7. The summed E-state index contributed by atoms with van der Waals surface area (Å²) in [4.78, 5) is 21.3. The van der Waals surface area contributed by atoms with Crippen LogP contribution in [0, 0.1) is 0 Å². The lowest BCUT2D eigenvalue weighted by Gasteiger charge is -2.28. The molecule has 0 unspecified atom stereocenters. The average molecular weight is 190 g/mol. The molecule has 1 fully saturated rings. The van der Waals surface area contributed by atoms with E-state index in [9.17, 15) is 14.1 Å². The van der Waals surface area contributed by atoms with E-state index in [1.165, 1.54) is 13.1 Å². The van der Waals surface area contributed by atoms with E-state index in [1.807, 2.05) is 0 Å². The van der Waals surface area contributed by atoms with Crippen molar-refractivity contribution in [1.29, 1.82) is 0 Å². The second-order valence-corrected chi connectivity index (χ2v) is 6.99. The Morgan fingerprint density at radius 3 is 2.09 bits per heavy atom. The fourth-order valence-electron chi connectivity index (χ4n) is 0.687. The molecule has 0 aromatic carbocycles. The number of hydrogen-bond donors (Lipinski definition) is 0.